The summed E-state index contributed by atoms with van der Waals surface area (Å²) in [5.74, 6) is -0.386. The number of nitrogens with one attached hydrogen (secondary N) is 1. The standard InChI is InChI=1S/C20H23NO6S/c1-3-27-15-7-5-14(6-8-15)18(22)11-12-20(24)21-17-13-16(9-10-19(17)23)28(25,26)4-2/h5-10,13,23H,3-4,11-12H2,1-2H3,(H,21,24). The van der Waals surface area contributed by atoms with Crippen LogP contribution >= 0.6 is 0 Å². The van der Waals surface area contributed by atoms with E-state index in [0.717, 1.165) is 0 Å². The highest BCUT2D eigenvalue weighted by Crippen LogP contribution is 2.27. The first-order valence-corrected chi connectivity index (χ1v) is 10.5. The number of anilines is 1. The van der Waals surface area contributed by atoms with Crippen LogP contribution in [0.2, 0.25) is 0 Å². The van der Waals surface area contributed by atoms with Crippen LogP contribution in [0.3, 0.4) is 0 Å². The van der Waals surface area contributed by atoms with E-state index >= 15 is 0 Å². The number of phenols is 1. The zero-order valence-electron chi connectivity index (χ0n) is 15.8. The lowest BCUT2D eigenvalue weighted by atomic mass is 10.1. The van der Waals surface area contributed by atoms with Crippen molar-refractivity contribution in [3.63, 3.8) is 0 Å². The van der Waals surface area contributed by atoms with Crippen molar-refractivity contribution in [3.05, 3.63) is 48.0 Å². The molecule has 0 atom stereocenters. The van der Waals surface area contributed by atoms with Crippen LogP contribution in [0.25, 0.3) is 0 Å². The van der Waals surface area contributed by atoms with Gasteiger partial charge in [0.2, 0.25) is 5.91 Å². The van der Waals surface area contributed by atoms with Crippen LogP contribution in [-0.4, -0.2) is 37.6 Å². The van der Waals surface area contributed by atoms with Gasteiger partial charge in [0.15, 0.2) is 15.6 Å². The molecule has 0 unspecified atom stereocenters. The van der Waals surface area contributed by atoms with Gasteiger partial charge in [-0.2, -0.15) is 0 Å². The summed E-state index contributed by atoms with van der Waals surface area (Å²) in [5.41, 5.74) is 0.461. The summed E-state index contributed by atoms with van der Waals surface area (Å²) in [6, 6.07) is 10.3. The number of carbonyl (C=O) groups is 2. The average molecular weight is 405 g/mol. The van der Waals surface area contributed by atoms with Crippen molar-refractivity contribution in [1.29, 1.82) is 0 Å². The van der Waals surface area contributed by atoms with Gasteiger partial charge in [0, 0.05) is 18.4 Å². The number of rotatable bonds is 9. The topological polar surface area (TPSA) is 110 Å². The molecule has 0 aliphatic heterocycles. The molecular weight excluding hydrogens is 382 g/mol. The normalized spacial score (nSPS) is 11.1. The Kier molecular flexibility index (Phi) is 7.17. The number of ether oxygens (including phenoxy) is 1. The molecule has 0 radical (unpaired) electrons. The van der Waals surface area contributed by atoms with E-state index in [1.54, 1.807) is 24.3 Å². The maximum absolute atomic E-state index is 12.2. The monoisotopic (exact) mass is 405 g/mol. The third-order valence-electron chi connectivity index (χ3n) is 4.05. The molecule has 0 aliphatic rings. The molecule has 2 aromatic carbocycles. The Balaban J connectivity index is 1.98. The van der Waals surface area contributed by atoms with Crippen molar-refractivity contribution < 1.29 is 27.9 Å². The molecular formula is C20H23NO6S. The van der Waals surface area contributed by atoms with Gasteiger partial charge in [-0.1, -0.05) is 6.92 Å². The molecule has 2 aromatic rings. The fourth-order valence-electron chi connectivity index (χ4n) is 2.46. The molecule has 1 amide bonds. The molecule has 0 heterocycles. The van der Waals surface area contributed by atoms with Crippen molar-refractivity contribution in [2.24, 2.45) is 0 Å². The van der Waals surface area contributed by atoms with Gasteiger partial charge >= 0.3 is 0 Å². The smallest absolute Gasteiger partial charge is 0.224 e. The molecule has 0 spiro atoms. The van der Waals surface area contributed by atoms with Crippen LogP contribution in [-0.2, 0) is 14.6 Å². The first-order chi connectivity index (χ1) is 13.3. The maximum Gasteiger partial charge on any atom is 0.224 e. The van der Waals surface area contributed by atoms with E-state index in [9.17, 15) is 23.1 Å². The second-order valence-corrected chi connectivity index (χ2v) is 8.29. The van der Waals surface area contributed by atoms with Gasteiger partial charge in [-0.05, 0) is 49.4 Å². The highest BCUT2D eigenvalue weighted by Gasteiger charge is 2.16. The molecule has 150 valence electrons. The molecule has 2 N–H and O–H groups in total. The van der Waals surface area contributed by atoms with E-state index < -0.39 is 15.7 Å². The van der Waals surface area contributed by atoms with Gasteiger partial charge in [0.1, 0.15) is 11.5 Å². The average Bonchev–Trinajstić information content (AvgIpc) is 2.68. The fourth-order valence-corrected chi connectivity index (χ4v) is 3.37. The second kappa shape index (κ2) is 9.36. The Morgan fingerprint density at radius 3 is 2.32 bits per heavy atom. The number of aromatic hydroxyl groups is 1. The number of benzene rings is 2. The zero-order valence-corrected chi connectivity index (χ0v) is 16.6. The molecule has 0 saturated heterocycles. The summed E-state index contributed by atoms with van der Waals surface area (Å²) in [6.45, 7) is 3.90. The summed E-state index contributed by atoms with van der Waals surface area (Å²) in [4.78, 5) is 24.3. The van der Waals surface area contributed by atoms with Gasteiger partial charge in [-0.25, -0.2) is 8.42 Å². The van der Waals surface area contributed by atoms with E-state index in [4.69, 9.17) is 4.74 Å². The molecule has 7 nitrogen and oxygen atoms in total. The third kappa shape index (κ3) is 5.56. The molecule has 0 aliphatic carbocycles. The first-order valence-electron chi connectivity index (χ1n) is 8.88. The Hall–Kier alpha value is -2.87. The van der Waals surface area contributed by atoms with Crippen molar-refractivity contribution in [2.45, 2.75) is 31.6 Å². The van der Waals surface area contributed by atoms with E-state index in [2.05, 4.69) is 5.32 Å². The Labute approximate surface area is 164 Å². The predicted molar refractivity (Wildman–Crippen MR) is 106 cm³/mol. The fraction of sp³-hybridized carbons (Fsp3) is 0.300. The van der Waals surface area contributed by atoms with Crippen LogP contribution in [0.1, 0.15) is 37.0 Å². The second-order valence-electron chi connectivity index (χ2n) is 6.01. The van der Waals surface area contributed by atoms with Gasteiger partial charge in [-0.3, -0.25) is 9.59 Å². The van der Waals surface area contributed by atoms with Crippen LogP contribution in [0.4, 0.5) is 5.69 Å². The summed E-state index contributed by atoms with van der Waals surface area (Å²) >= 11 is 0. The molecule has 0 bridgehead atoms. The predicted octanol–water partition coefficient (Wildman–Crippen LogP) is 3.19. The highest BCUT2D eigenvalue weighted by atomic mass is 32.2. The molecule has 2 rings (SSSR count). The molecule has 0 fully saturated rings. The lowest BCUT2D eigenvalue weighted by molar-refractivity contribution is -0.116. The number of sulfone groups is 1. The minimum atomic E-state index is -3.47. The Morgan fingerprint density at radius 2 is 1.71 bits per heavy atom. The molecule has 0 saturated carbocycles. The van der Waals surface area contributed by atoms with Crippen LogP contribution in [0.15, 0.2) is 47.4 Å². The quantitative estimate of drug-likeness (QED) is 0.490. The number of amides is 1. The number of hydrogen-bond donors (Lipinski definition) is 2. The van der Waals surface area contributed by atoms with E-state index in [1.807, 2.05) is 6.92 Å². The summed E-state index contributed by atoms with van der Waals surface area (Å²) < 4.78 is 29.2. The van der Waals surface area contributed by atoms with E-state index in [1.165, 1.54) is 25.1 Å². The van der Waals surface area contributed by atoms with E-state index in [0.29, 0.717) is 17.9 Å². The lowest BCUT2D eigenvalue weighted by Gasteiger charge is -2.10. The molecule has 0 aromatic heterocycles. The summed E-state index contributed by atoms with van der Waals surface area (Å²) in [6.07, 6.45) is -0.121. The highest BCUT2D eigenvalue weighted by molar-refractivity contribution is 7.91. The van der Waals surface area contributed by atoms with E-state index in [-0.39, 0.29) is 40.7 Å². The lowest BCUT2D eigenvalue weighted by Crippen LogP contribution is -2.14. The number of hydrogen-bond acceptors (Lipinski definition) is 6. The van der Waals surface area contributed by atoms with Gasteiger partial charge in [0.25, 0.3) is 0 Å². The van der Waals surface area contributed by atoms with Crippen molar-refractivity contribution >= 4 is 27.2 Å². The van der Waals surface area contributed by atoms with Gasteiger partial charge in [-0.15, -0.1) is 0 Å². The molecule has 28 heavy (non-hydrogen) atoms. The number of carbonyl (C=O) groups excluding carboxylic acids is 2. The SMILES string of the molecule is CCOc1ccc(C(=O)CCC(=O)Nc2cc(S(=O)(=O)CC)ccc2O)cc1. The first kappa shape index (κ1) is 21.4. The van der Waals surface area contributed by atoms with Crippen molar-refractivity contribution in [2.75, 3.05) is 17.7 Å². The Bertz CT molecular complexity index is 951. The van der Waals surface area contributed by atoms with Gasteiger partial charge < -0.3 is 15.2 Å². The minimum Gasteiger partial charge on any atom is -0.506 e. The van der Waals surface area contributed by atoms with Crippen molar-refractivity contribution in [3.8, 4) is 11.5 Å². The largest absolute Gasteiger partial charge is 0.506 e. The van der Waals surface area contributed by atoms with Crippen molar-refractivity contribution in [1.82, 2.24) is 0 Å². The minimum absolute atomic E-state index is 0.00644. The molecule has 8 heteroatoms. The number of phenolic OH excluding ortho intramolecular Hbond substituents is 1. The van der Waals surface area contributed by atoms with Crippen LogP contribution < -0.4 is 10.1 Å². The number of Topliss-reactive ketones (excluding diaryl/α,β-unsaturated/α-hetero) is 1. The zero-order chi connectivity index (χ0) is 20.7. The third-order valence-corrected chi connectivity index (χ3v) is 5.78. The van der Waals surface area contributed by atoms with Crippen LogP contribution in [0, 0.1) is 0 Å². The summed E-state index contributed by atoms with van der Waals surface area (Å²) in [5, 5.41) is 12.3. The van der Waals surface area contributed by atoms with Crippen LogP contribution in [0.5, 0.6) is 11.5 Å². The Morgan fingerprint density at radius 1 is 1.04 bits per heavy atom. The maximum atomic E-state index is 12.2. The number of ketones is 1. The summed E-state index contributed by atoms with van der Waals surface area (Å²) in [7, 11) is -3.47. The van der Waals surface area contributed by atoms with Gasteiger partial charge in [0.05, 0.1) is 22.9 Å².